The number of carboxylic acid groups (broad SMARTS) is 1. The Bertz CT molecular complexity index is 515. The second-order valence-electron chi connectivity index (χ2n) is 4.66. The van der Waals surface area contributed by atoms with Gasteiger partial charge in [0, 0.05) is 17.8 Å². The van der Waals surface area contributed by atoms with E-state index in [0.29, 0.717) is 5.69 Å². The molecule has 0 bridgehead atoms. The summed E-state index contributed by atoms with van der Waals surface area (Å²) in [6.45, 7) is 2.75. The highest BCUT2D eigenvalue weighted by atomic mass is 16.4. The van der Waals surface area contributed by atoms with Crippen LogP contribution in [0.5, 0.6) is 5.75 Å². The van der Waals surface area contributed by atoms with Crippen molar-refractivity contribution >= 4 is 17.6 Å². The van der Waals surface area contributed by atoms with Gasteiger partial charge in [-0.3, -0.25) is 4.79 Å². The Kier molecular flexibility index (Phi) is 3.71. The van der Waals surface area contributed by atoms with Gasteiger partial charge in [-0.05, 0) is 32.0 Å². The smallest absolute Gasteiger partial charge is 0.339 e. The number of amides is 1. The predicted molar refractivity (Wildman–Crippen MR) is 69.3 cm³/mol. The topological polar surface area (TPSA) is 98.7 Å². The predicted octanol–water partition coefficient (Wildman–Crippen LogP) is 1.03. The van der Waals surface area contributed by atoms with Crippen LogP contribution in [0.1, 0.15) is 23.7 Å². The minimum Gasteiger partial charge on any atom is -0.507 e. The van der Waals surface area contributed by atoms with E-state index >= 15 is 0 Å². The van der Waals surface area contributed by atoms with Gasteiger partial charge in [0.05, 0.1) is 5.92 Å². The van der Waals surface area contributed by atoms with Crippen LogP contribution < -0.4 is 10.6 Å². The van der Waals surface area contributed by atoms with Crippen molar-refractivity contribution in [3.63, 3.8) is 0 Å². The van der Waals surface area contributed by atoms with Gasteiger partial charge in [-0.2, -0.15) is 0 Å². The Morgan fingerprint density at radius 1 is 1.42 bits per heavy atom. The van der Waals surface area contributed by atoms with Gasteiger partial charge >= 0.3 is 5.97 Å². The fourth-order valence-electron chi connectivity index (χ4n) is 2.24. The van der Waals surface area contributed by atoms with Gasteiger partial charge < -0.3 is 20.8 Å². The number of hydrogen-bond donors (Lipinski definition) is 4. The van der Waals surface area contributed by atoms with Crippen molar-refractivity contribution in [3.8, 4) is 5.75 Å². The molecule has 2 rings (SSSR count). The third-order valence-corrected chi connectivity index (χ3v) is 3.36. The lowest BCUT2D eigenvalue weighted by Crippen LogP contribution is -2.32. The summed E-state index contributed by atoms with van der Waals surface area (Å²) in [4.78, 5) is 22.8. The maximum atomic E-state index is 12.0. The van der Waals surface area contributed by atoms with Gasteiger partial charge in [-0.25, -0.2) is 4.79 Å². The van der Waals surface area contributed by atoms with Crippen molar-refractivity contribution in [2.45, 2.75) is 19.4 Å². The molecule has 0 spiro atoms. The molecule has 1 heterocycles. The van der Waals surface area contributed by atoms with Crippen LogP contribution in [0.4, 0.5) is 5.69 Å². The highest BCUT2D eigenvalue weighted by Crippen LogP contribution is 2.23. The summed E-state index contributed by atoms with van der Waals surface area (Å²) in [6, 6.07) is 4.10. The molecule has 1 aliphatic heterocycles. The van der Waals surface area contributed by atoms with Gasteiger partial charge in [0.25, 0.3) is 0 Å². The average Bonchev–Trinajstić information content (AvgIpc) is 2.75. The standard InChI is InChI=1S/C13H16N2O4/c1-7-9(4-5-14-7)12(17)15-8-2-3-10(13(18)19)11(16)6-8/h2-3,6-7,9,14,16H,4-5H2,1H3,(H,15,17)(H,18,19). The number of phenols is 1. The number of aromatic carboxylic acids is 1. The summed E-state index contributed by atoms with van der Waals surface area (Å²) >= 11 is 0. The zero-order valence-corrected chi connectivity index (χ0v) is 10.5. The molecule has 1 fully saturated rings. The summed E-state index contributed by atoms with van der Waals surface area (Å²) in [7, 11) is 0. The van der Waals surface area contributed by atoms with Crippen molar-refractivity contribution < 1.29 is 19.8 Å². The number of carbonyl (C=O) groups is 2. The Hall–Kier alpha value is -2.08. The van der Waals surface area contributed by atoms with Crippen LogP contribution in [-0.2, 0) is 4.79 Å². The van der Waals surface area contributed by atoms with Gasteiger partial charge in [0.15, 0.2) is 0 Å². The molecule has 4 N–H and O–H groups in total. The second-order valence-corrected chi connectivity index (χ2v) is 4.66. The highest BCUT2D eigenvalue weighted by Gasteiger charge is 2.29. The number of nitrogens with one attached hydrogen (secondary N) is 2. The molecule has 0 aromatic heterocycles. The number of rotatable bonds is 3. The normalized spacial score (nSPS) is 22.2. The molecule has 2 unspecified atom stereocenters. The third kappa shape index (κ3) is 2.85. The lowest BCUT2D eigenvalue weighted by molar-refractivity contribution is -0.120. The zero-order valence-electron chi connectivity index (χ0n) is 10.5. The molecular weight excluding hydrogens is 248 g/mol. The first-order chi connectivity index (χ1) is 8.99. The molecule has 1 amide bonds. The fourth-order valence-corrected chi connectivity index (χ4v) is 2.24. The average molecular weight is 264 g/mol. The molecule has 0 saturated carbocycles. The molecule has 19 heavy (non-hydrogen) atoms. The van der Waals surface area contributed by atoms with Crippen LogP contribution >= 0.6 is 0 Å². The van der Waals surface area contributed by atoms with E-state index in [0.717, 1.165) is 13.0 Å². The summed E-state index contributed by atoms with van der Waals surface area (Å²) < 4.78 is 0. The van der Waals surface area contributed by atoms with Crippen LogP contribution in [0, 0.1) is 5.92 Å². The van der Waals surface area contributed by atoms with Gasteiger partial charge in [-0.15, -0.1) is 0 Å². The van der Waals surface area contributed by atoms with E-state index < -0.39 is 5.97 Å². The number of benzene rings is 1. The molecule has 6 nitrogen and oxygen atoms in total. The molecule has 1 aromatic carbocycles. The minimum absolute atomic E-state index is 0.110. The van der Waals surface area contributed by atoms with E-state index in [1.54, 1.807) is 0 Å². The Morgan fingerprint density at radius 2 is 2.16 bits per heavy atom. The summed E-state index contributed by atoms with van der Waals surface area (Å²) in [5, 5.41) is 24.2. The van der Waals surface area contributed by atoms with E-state index in [-0.39, 0.29) is 29.2 Å². The molecule has 1 saturated heterocycles. The van der Waals surface area contributed by atoms with Crippen molar-refractivity contribution in [2.75, 3.05) is 11.9 Å². The molecular formula is C13H16N2O4. The number of hydrogen-bond acceptors (Lipinski definition) is 4. The summed E-state index contributed by atoms with van der Waals surface area (Å²) in [5.41, 5.74) is 0.209. The first-order valence-electron chi connectivity index (χ1n) is 6.09. The van der Waals surface area contributed by atoms with Crippen LogP contribution in [0.3, 0.4) is 0 Å². The molecule has 0 radical (unpaired) electrons. The van der Waals surface area contributed by atoms with Crippen molar-refractivity contribution in [3.05, 3.63) is 23.8 Å². The first kappa shape index (κ1) is 13.4. The van der Waals surface area contributed by atoms with E-state index in [9.17, 15) is 14.7 Å². The lowest BCUT2D eigenvalue weighted by Gasteiger charge is -2.15. The Morgan fingerprint density at radius 3 is 2.68 bits per heavy atom. The third-order valence-electron chi connectivity index (χ3n) is 3.36. The first-order valence-corrected chi connectivity index (χ1v) is 6.09. The molecule has 102 valence electrons. The van der Waals surface area contributed by atoms with Crippen molar-refractivity contribution in [1.29, 1.82) is 0 Å². The summed E-state index contributed by atoms with van der Waals surface area (Å²) in [5.74, 6) is -1.80. The van der Waals surface area contributed by atoms with Gasteiger partial charge in [0.2, 0.25) is 5.91 Å². The van der Waals surface area contributed by atoms with Crippen molar-refractivity contribution in [2.24, 2.45) is 5.92 Å². The van der Waals surface area contributed by atoms with Crippen molar-refractivity contribution in [1.82, 2.24) is 5.32 Å². The van der Waals surface area contributed by atoms with E-state index in [1.165, 1.54) is 18.2 Å². The van der Waals surface area contributed by atoms with Gasteiger partial charge in [0.1, 0.15) is 11.3 Å². The zero-order chi connectivity index (χ0) is 14.0. The van der Waals surface area contributed by atoms with Crippen LogP contribution in [-0.4, -0.2) is 34.7 Å². The Labute approximate surface area is 110 Å². The highest BCUT2D eigenvalue weighted by molar-refractivity contribution is 5.95. The lowest BCUT2D eigenvalue weighted by atomic mass is 10.0. The molecule has 0 aliphatic carbocycles. The number of aromatic hydroxyl groups is 1. The van der Waals surface area contributed by atoms with E-state index in [4.69, 9.17) is 5.11 Å². The minimum atomic E-state index is -1.20. The SMILES string of the molecule is CC1NCCC1C(=O)Nc1ccc(C(=O)O)c(O)c1. The molecule has 1 aliphatic rings. The van der Waals surface area contributed by atoms with Crippen LogP contribution in [0.15, 0.2) is 18.2 Å². The Balaban J connectivity index is 2.09. The molecule has 1 aromatic rings. The fraction of sp³-hybridized carbons (Fsp3) is 0.385. The van der Waals surface area contributed by atoms with E-state index in [1.807, 2.05) is 6.92 Å². The number of carboxylic acids is 1. The maximum Gasteiger partial charge on any atom is 0.339 e. The largest absolute Gasteiger partial charge is 0.507 e. The van der Waals surface area contributed by atoms with E-state index in [2.05, 4.69) is 10.6 Å². The monoisotopic (exact) mass is 264 g/mol. The number of anilines is 1. The summed E-state index contributed by atoms with van der Waals surface area (Å²) in [6.07, 6.45) is 0.770. The van der Waals surface area contributed by atoms with Crippen LogP contribution in [0.2, 0.25) is 0 Å². The number of carbonyl (C=O) groups excluding carboxylic acids is 1. The van der Waals surface area contributed by atoms with Crippen LogP contribution in [0.25, 0.3) is 0 Å². The van der Waals surface area contributed by atoms with Gasteiger partial charge in [-0.1, -0.05) is 0 Å². The second kappa shape index (κ2) is 5.27. The quantitative estimate of drug-likeness (QED) is 0.653. The molecule has 2 atom stereocenters. The maximum absolute atomic E-state index is 12.0. The molecule has 6 heteroatoms.